The van der Waals surface area contributed by atoms with Crippen LogP contribution in [0.15, 0.2) is 22.7 Å². The quantitative estimate of drug-likeness (QED) is 0.928. The SMILES string of the molecule is CCC(C(=O)O)N(C)C(=O)c1c(F)cccc1Br. The van der Waals surface area contributed by atoms with Crippen molar-refractivity contribution in [1.29, 1.82) is 0 Å². The Balaban J connectivity index is 3.11. The Bertz CT molecular complexity index is 458. The first-order valence-electron chi connectivity index (χ1n) is 5.34. The van der Waals surface area contributed by atoms with Crippen molar-refractivity contribution < 1.29 is 19.1 Å². The third-order valence-corrected chi connectivity index (χ3v) is 3.30. The lowest BCUT2D eigenvalue weighted by Gasteiger charge is -2.24. The van der Waals surface area contributed by atoms with Gasteiger partial charge in [-0.05, 0) is 34.5 Å². The highest BCUT2D eigenvalue weighted by Crippen LogP contribution is 2.22. The summed E-state index contributed by atoms with van der Waals surface area (Å²) in [7, 11) is 1.35. The van der Waals surface area contributed by atoms with Crippen LogP contribution >= 0.6 is 15.9 Å². The molecule has 0 aliphatic rings. The molecule has 1 aromatic carbocycles. The maximum atomic E-state index is 13.6. The third kappa shape index (κ3) is 2.87. The zero-order valence-electron chi connectivity index (χ0n) is 9.98. The molecular weight excluding hydrogens is 305 g/mol. The lowest BCUT2D eigenvalue weighted by atomic mass is 10.1. The van der Waals surface area contributed by atoms with Crippen LogP contribution in [0.3, 0.4) is 0 Å². The molecule has 0 aliphatic heterocycles. The molecule has 1 atom stereocenters. The summed E-state index contributed by atoms with van der Waals surface area (Å²) in [4.78, 5) is 24.1. The Kier molecular flexibility index (Phi) is 4.84. The Morgan fingerprint density at radius 1 is 1.50 bits per heavy atom. The molecule has 4 nitrogen and oxygen atoms in total. The number of benzene rings is 1. The first-order valence-corrected chi connectivity index (χ1v) is 6.13. The van der Waals surface area contributed by atoms with E-state index in [1.165, 1.54) is 19.2 Å². The normalized spacial score (nSPS) is 12.0. The number of likely N-dealkylation sites (N-methyl/N-ethyl adjacent to an activating group) is 1. The van der Waals surface area contributed by atoms with E-state index < -0.39 is 23.7 Å². The first kappa shape index (κ1) is 14.6. The van der Waals surface area contributed by atoms with Gasteiger partial charge in [-0.15, -0.1) is 0 Å². The summed E-state index contributed by atoms with van der Waals surface area (Å²) in [5.74, 6) is -2.45. The molecular formula is C12H13BrFNO3. The highest BCUT2D eigenvalue weighted by atomic mass is 79.9. The van der Waals surface area contributed by atoms with Gasteiger partial charge in [-0.1, -0.05) is 13.0 Å². The van der Waals surface area contributed by atoms with E-state index in [1.807, 2.05) is 0 Å². The van der Waals surface area contributed by atoms with Gasteiger partial charge in [0.2, 0.25) is 0 Å². The predicted octanol–water partition coefficient (Wildman–Crippen LogP) is 2.52. The van der Waals surface area contributed by atoms with Crippen molar-refractivity contribution >= 4 is 27.8 Å². The minimum Gasteiger partial charge on any atom is -0.480 e. The fourth-order valence-electron chi connectivity index (χ4n) is 1.63. The number of aliphatic carboxylic acids is 1. The third-order valence-electron chi connectivity index (χ3n) is 2.64. The molecule has 0 aromatic heterocycles. The number of hydrogen-bond donors (Lipinski definition) is 1. The van der Waals surface area contributed by atoms with Crippen LogP contribution in [0, 0.1) is 5.82 Å². The van der Waals surface area contributed by atoms with Gasteiger partial charge in [-0.3, -0.25) is 4.79 Å². The Morgan fingerprint density at radius 3 is 2.56 bits per heavy atom. The van der Waals surface area contributed by atoms with Crippen LogP contribution in [-0.2, 0) is 4.79 Å². The lowest BCUT2D eigenvalue weighted by molar-refractivity contribution is -0.142. The number of carbonyl (C=O) groups excluding carboxylic acids is 1. The number of amides is 1. The van der Waals surface area contributed by atoms with Gasteiger partial charge in [-0.2, -0.15) is 0 Å². The molecule has 0 spiro atoms. The molecule has 1 aromatic rings. The first-order chi connectivity index (χ1) is 8.40. The molecule has 0 heterocycles. The maximum Gasteiger partial charge on any atom is 0.326 e. The summed E-state index contributed by atoms with van der Waals surface area (Å²) in [6, 6.07) is 3.19. The summed E-state index contributed by atoms with van der Waals surface area (Å²) in [6.45, 7) is 1.65. The minimum absolute atomic E-state index is 0.153. The molecule has 18 heavy (non-hydrogen) atoms. The van der Waals surface area contributed by atoms with Gasteiger partial charge in [-0.25, -0.2) is 9.18 Å². The van der Waals surface area contributed by atoms with Gasteiger partial charge in [0.25, 0.3) is 5.91 Å². The van der Waals surface area contributed by atoms with Gasteiger partial charge in [0.05, 0.1) is 5.56 Å². The van der Waals surface area contributed by atoms with Crippen LogP contribution < -0.4 is 0 Å². The van der Waals surface area contributed by atoms with Crippen molar-refractivity contribution in [3.8, 4) is 0 Å². The number of halogens is 2. The van der Waals surface area contributed by atoms with E-state index in [1.54, 1.807) is 6.92 Å². The summed E-state index contributed by atoms with van der Waals surface area (Å²) >= 11 is 3.09. The van der Waals surface area contributed by atoms with E-state index in [0.717, 1.165) is 11.0 Å². The van der Waals surface area contributed by atoms with Crippen LogP contribution in [-0.4, -0.2) is 35.0 Å². The van der Waals surface area contributed by atoms with Crippen molar-refractivity contribution in [3.63, 3.8) is 0 Å². The van der Waals surface area contributed by atoms with Gasteiger partial charge in [0.1, 0.15) is 11.9 Å². The summed E-state index contributed by atoms with van der Waals surface area (Å²) in [5, 5.41) is 8.98. The Hall–Kier alpha value is -1.43. The molecule has 0 bridgehead atoms. The van der Waals surface area contributed by atoms with Gasteiger partial charge in [0.15, 0.2) is 0 Å². The molecule has 0 saturated carbocycles. The van der Waals surface area contributed by atoms with Crippen LogP contribution in [0.25, 0.3) is 0 Å². The maximum absolute atomic E-state index is 13.6. The molecule has 1 N–H and O–H groups in total. The summed E-state index contributed by atoms with van der Waals surface area (Å²) in [6.07, 6.45) is 0.254. The number of rotatable bonds is 4. The van der Waals surface area contributed by atoms with E-state index in [4.69, 9.17) is 5.11 Å². The van der Waals surface area contributed by atoms with Crippen molar-refractivity contribution in [2.45, 2.75) is 19.4 Å². The summed E-state index contributed by atoms with van der Waals surface area (Å²) < 4.78 is 13.9. The highest BCUT2D eigenvalue weighted by molar-refractivity contribution is 9.10. The second kappa shape index (κ2) is 5.95. The van der Waals surface area contributed by atoms with E-state index in [0.29, 0.717) is 4.47 Å². The molecule has 98 valence electrons. The van der Waals surface area contributed by atoms with Crippen molar-refractivity contribution in [1.82, 2.24) is 4.90 Å². The Labute approximate surface area is 113 Å². The number of carboxylic acids is 1. The molecule has 0 fully saturated rings. The second-order valence-electron chi connectivity index (χ2n) is 3.78. The van der Waals surface area contributed by atoms with Crippen molar-refractivity contribution in [2.75, 3.05) is 7.05 Å². The zero-order chi connectivity index (χ0) is 13.9. The molecule has 1 rings (SSSR count). The topological polar surface area (TPSA) is 57.6 Å². The van der Waals surface area contributed by atoms with Crippen LogP contribution in [0.4, 0.5) is 4.39 Å². The average molecular weight is 318 g/mol. The fourth-order valence-corrected chi connectivity index (χ4v) is 2.15. The van der Waals surface area contributed by atoms with E-state index >= 15 is 0 Å². The highest BCUT2D eigenvalue weighted by Gasteiger charge is 2.28. The lowest BCUT2D eigenvalue weighted by Crippen LogP contribution is -2.42. The van der Waals surface area contributed by atoms with Crippen LogP contribution in [0.2, 0.25) is 0 Å². The van der Waals surface area contributed by atoms with Gasteiger partial charge in [0, 0.05) is 11.5 Å². The standard InChI is InChI=1S/C12H13BrFNO3/c1-3-9(12(17)18)15(2)11(16)10-7(13)5-4-6-8(10)14/h4-6,9H,3H2,1-2H3,(H,17,18). The van der Waals surface area contributed by atoms with E-state index in [-0.39, 0.29) is 12.0 Å². The van der Waals surface area contributed by atoms with Crippen molar-refractivity contribution in [3.05, 3.63) is 34.1 Å². The molecule has 0 aliphatic carbocycles. The van der Waals surface area contributed by atoms with Crippen LogP contribution in [0.5, 0.6) is 0 Å². The fraction of sp³-hybridized carbons (Fsp3) is 0.333. The number of hydrogen-bond acceptors (Lipinski definition) is 2. The Morgan fingerprint density at radius 2 is 2.11 bits per heavy atom. The molecule has 6 heteroatoms. The van der Waals surface area contributed by atoms with E-state index in [9.17, 15) is 14.0 Å². The average Bonchev–Trinajstić information content (AvgIpc) is 2.28. The second-order valence-corrected chi connectivity index (χ2v) is 4.63. The van der Waals surface area contributed by atoms with Crippen LogP contribution in [0.1, 0.15) is 23.7 Å². The van der Waals surface area contributed by atoms with E-state index in [2.05, 4.69) is 15.9 Å². The van der Waals surface area contributed by atoms with Gasteiger partial charge >= 0.3 is 5.97 Å². The summed E-state index contributed by atoms with van der Waals surface area (Å²) in [5.41, 5.74) is -0.153. The smallest absolute Gasteiger partial charge is 0.326 e. The predicted molar refractivity (Wildman–Crippen MR) is 67.9 cm³/mol. The largest absolute Gasteiger partial charge is 0.480 e. The van der Waals surface area contributed by atoms with Gasteiger partial charge < -0.3 is 10.0 Å². The van der Waals surface area contributed by atoms with Crippen molar-refractivity contribution in [2.24, 2.45) is 0 Å². The number of nitrogens with zero attached hydrogens (tertiary/aromatic N) is 1. The molecule has 0 saturated heterocycles. The number of carboxylic acid groups (broad SMARTS) is 1. The molecule has 1 amide bonds. The minimum atomic E-state index is -1.11. The number of carbonyl (C=O) groups is 2. The molecule has 1 unspecified atom stereocenters. The monoisotopic (exact) mass is 317 g/mol. The zero-order valence-corrected chi connectivity index (χ0v) is 11.6. The molecule has 0 radical (unpaired) electrons.